The molecule has 24 heavy (non-hydrogen) atoms. The maximum atomic E-state index is 12.0. The van der Waals surface area contributed by atoms with Gasteiger partial charge < -0.3 is 19.5 Å². The highest BCUT2D eigenvalue weighted by molar-refractivity contribution is 6.30. The normalized spacial score (nSPS) is 11.5. The van der Waals surface area contributed by atoms with Gasteiger partial charge in [0.2, 0.25) is 0 Å². The van der Waals surface area contributed by atoms with Crippen molar-refractivity contribution in [3.8, 4) is 17.2 Å². The summed E-state index contributed by atoms with van der Waals surface area (Å²) in [4.78, 5) is 12.0. The van der Waals surface area contributed by atoms with E-state index < -0.39 is 6.10 Å². The maximum absolute atomic E-state index is 12.0. The minimum atomic E-state index is -0.625. The lowest BCUT2D eigenvalue weighted by Gasteiger charge is -2.15. The molecule has 2 aromatic rings. The van der Waals surface area contributed by atoms with Crippen molar-refractivity contribution < 1.29 is 19.0 Å². The van der Waals surface area contributed by atoms with Crippen molar-refractivity contribution in [2.75, 3.05) is 20.3 Å². The lowest BCUT2D eigenvalue weighted by Crippen LogP contribution is -2.38. The van der Waals surface area contributed by atoms with Gasteiger partial charge in [0.05, 0.1) is 13.7 Å². The molecule has 0 saturated carbocycles. The first-order valence-electron chi connectivity index (χ1n) is 7.55. The molecular weight excluding hydrogens is 330 g/mol. The van der Waals surface area contributed by atoms with E-state index in [0.29, 0.717) is 29.7 Å². The second kappa shape index (κ2) is 9.03. The molecule has 0 aliphatic heterocycles. The van der Waals surface area contributed by atoms with E-state index in [1.807, 2.05) is 18.2 Å². The van der Waals surface area contributed by atoms with E-state index in [0.717, 1.165) is 5.75 Å². The van der Waals surface area contributed by atoms with E-state index in [2.05, 4.69) is 5.32 Å². The van der Waals surface area contributed by atoms with Crippen LogP contribution in [0.25, 0.3) is 0 Å². The molecule has 0 aliphatic rings. The highest BCUT2D eigenvalue weighted by atomic mass is 35.5. The molecule has 0 saturated heterocycles. The fraction of sp³-hybridized carbons (Fsp3) is 0.278. The third-order valence-electron chi connectivity index (χ3n) is 3.19. The highest BCUT2D eigenvalue weighted by Crippen LogP contribution is 2.19. The number of nitrogens with one attached hydrogen (secondary N) is 1. The number of halogens is 1. The molecule has 0 aliphatic carbocycles. The van der Waals surface area contributed by atoms with E-state index >= 15 is 0 Å². The number of benzene rings is 2. The highest BCUT2D eigenvalue weighted by Gasteiger charge is 2.14. The molecule has 1 amide bonds. The van der Waals surface area contributed by atoms with Crippen LogP contribution >= 0.6 is 11.6 Å². The Balaban J connectivity index is 1.72. The van der Waals surface area contributed by atoms with Gasteiger partial charge in [-0.3, -0.25) is 4.79 Å². The van der Waals surface area contributed by atoms with Gasteiger partial charge in [0.15, 0.2) is 6.10 Å². The quantitative estimate of drug-likeness (QED) is 0.743. The number of ether oxygens (including phenoxy) is 3. The monoisotopic (exact) mass is 349 g/mol. The summed E-state index contributed by atoms with van der Waals surface area (Å²) in [6, 6.07) is 14.2. The largest absolute Gasteiger partial charge is 0.497 e. The van der Waals surface area contributed by atoms with Crippen LogP contribution in [0.4, 0.5) is 0 Å². The molecule has 1 atom stereocenters. The summed E-state index contributed by atoms with van der Waals surface area (Å²) in [7, 11) is 1.60. The average molecular weight is 350 g/mol. The van der Waals surface area contributed by atoms with Crippen LogP contribution in [-0.2, 0) is 4.79 Å². The number of rotatable bonds is 8. The maximum Gasteiger partial charge on any atom is 0.260 e. The minimum Gasteiger partial charge on any atom is -0.497 e. The minimum absolute atomic E-state index is 0.218. The number of amides is 1. The van der Waals surface area contributed by atoms with Gasteiger partial charge in [-0.1, -0.05) is 23.7 Å². The lowest BCUT2D eigenvalue weighted by molar-refractivity contribution is -0.127. The van der Waals surface area contributed by atoms with Gasteiger partial charge in [-0.15, -0.1) is 0 Å². The van der Waals surface area contributed by atoms with Crippen molar-refractivity contribution in [1.82, 2.24) is 5.32 Å². The Hall–Kier alpha value is -2.40. The second-order valence-electron chi connectivity index (χ2n) is 5.04. The van der Waals surface area contributed by atoms with Crippen LogP contribution in [-0.4, -0.2) is 32.3 Å². The third-order valence-corrected chi connectivity index (χ3v) is 3.42. The standard InChI is InChI=1S/C18H20ClNO4/c1-13(24-17-8-3-5-14(19)11-17)18(21)20-9-10-23-16-7-4-6-15(12-16)22-2/h3-8,11-13H,9-10H2,1-2H3,(H,20,21)/t13-/m0/s1. The van der Waals surface area contributed by atoms with E-state index in [1.54, 1.807) is 44.4 Å². The summed E-state index contributed by atoms with van der Waals surface area (Å²) in [6.45, 7) is 2.40. The van der Waals surface area contributed by atoms with Crippen molar-refractivity contribution in [1.29, 1.82) is 0 Å². The van der Waals surface area contributed by atoms with E-state index in [1.165, 1.54) is 0 Å². The van der Waals surface area contributed by atoms with Crippen molar-refractivity contribution in [3.63, 3.8) is 0 Å². The molecule has 0 unspecified atom stereocenters. The molecule has 5 nitrogen and oxygen atoms in total. The second-order valence-corrected chi connectivity index (χ2v) is 5.47. The van der Waals surface area contributed by atoms with Crippen LogP contribution < -0.4 is 19.5 Å². The molecule has 0 radical (unpaired) electrons. The first-order valence-corrected chi connectivity index (χ1v) is 7.93. The van der Waals surface area contributed by atoms with Crippen molar-refractivity contribution in [3.05, 3.63) is 53.6 Å². The Morgan fingerprint density at radius 2 is 1.83 bits per heavy atom. The van der Waals surface area contributed by atoms with E-state index in [9.17, 15) is 4.79 Å². The molecule has 1 N–H and O–H groups in total. The zero-order valence-electron chi connectivity index (χ0n) is 13.6. The fourth-order valence-corrected chi connectivity index (χ4v) is 2.16. The summed E-state index contributed by atoms with van der Waals surface area (Å²) in [5.74, 6) is 1.74. The van der Waals surface area contributed by atoms with E-state index in [4.69, 9.17) is 25.8 Å². The Bertz CT molecular complexity index is 678. The molecule has 128 valence electrons. The molecule has 2 aromatic carbocycles. The summed E-state index contributed by atoms with van der Waals surface area (Å²) in [6.07, 6.45) is -0.625. The van der Waals surface area contributed by atoms with Crippen LogP contribution in [0.2, 0.25) is 5.02 Å². The van der Waals surface area contributed by atoms with Crippen LogP contribution in [0.5, 0.6) is 17.2 Å². The predicted octanol–water partition coefficient (Wildman–Crippen LogP) is 3.31. The van der Waals surface area contributed by atoms with Gasteiger partial charge in [0, 0.05) is 11.1 Å². The zero-order chi connectivity index (χ0) is 17.4. The molecule has 0 heterocycles. The van der Waals surface area contributed by atoms with Gasteiger partial charge >= 0.3 is 0 Å². The first-order chi connectivity index (χ1) is 11.6. The number of hydrogen-bond donors (Lipinski definition) is 1. The molecular formula is C18H20ClNO4. The van der Waals surface area contributed by atoms with Crippen LogP contribution in [0.15, 0.2) is 48.5 Å². The van der Waals surface area contributed by atoms with Gasteiger partial charge in [-0.2, -0.15) is 0 Å². The van der Waals surface area contributed by atoms with Gasteiger partial charge in [-0.25, -0.2) is 0 Å². The molecule has 6 heteroatoms. The van der Waals surface area contributed by atoms with Crippen molar-refractivity contribution in [2.24, 2.45) is 0 Å². The molecule has 2 rings (SSSR count). The fourth-order valence-electron chi connectivity index (χ4n) is 1.98. The SMILES string of the molecule is COc1cccc(OCCNC(=O)[C@H](C)Oc2cccc(Cl)c2)c1. The van der Waals surface area contributed by atoms with Crippen LogP contribution in [0.1, 0.15) is 6.92 Å². The Morgan fingerprint density at radius 3 is 2.58 bits per heavy atom. The van der Waals surface area contributed by atoms with Gasteiger partial charge in [-0.05, 0) is 37.3 Å². The van der Waals surface area contributed by atoms with Crippen LogP contribution in [0.3, 0.4) is 0 Å². The molecule has 0 spiro atoms. The topological polar surface area (TPSA) is 56.8 Å². The summed E-state index contributed by atoms with van der Waals surface area (Å²) in [5, 5.41) is 3.32. The predicted molar refractivity (Wildman–Crippen MR) is 93.0 cm³/mol. The summed E-state index contributed by atoms with van der Waals surface area (Å²) in [5.41, 5.74) is 0. The molecule has 0 fully saturated rings. The number of carbonyl (C=O) groups excluding carboxylic acids is 1. The van der Waals surface area contributed by atoms with E-state index in [-0.39, 0.29) is 5.91 Å². The van der Waals surface area contributed by atoms with Crippen molar-refractivity contribution >= 4 is 17.5 Å². The summed E-state index contributed by atoms with van der Waals surface area (Å²) >= 11 is 5.88. The third kappa shape index (κ3) is 5.66. The Morgan fingerprint density at radius 1 is 1.12 bits per heavy atom. The number of methoxy groups -OCH3 is 1. The van der Waals surface area contributed by atoms with Gasteiger partial charge in [0.1, 0.15) is 23.9 Å². The lowest BCUT2D eigenvalue weighted by atomic mass is 10.3. The first kappa shape index (κ1) is 17.9. The number of carbonyl (C=O) groups is 1. The average Bonchev–Trinajstić information content (AvgIpc) is 2.58. The molecule has 0 bridgehead atoms. The van der Waals surface area contributed by atoms with Gasteiger partial charge in [0.25, 0.3) is 5.91 Å². The van der Waals surface area contributed by atoms with Crippen LogP contribution in [0, 0.1) is 0 Å². The smallest absolute Gasteiger partial charge is 0.260 e. The molecule has 0 aromatic heterocycles. The zero-order valence-corrected chi connectivity index (χ0v) is 14.4. The Kier molecular flexibility index (Phi) is 6.75. The Labute approximate surface area is 146 Å². The van der Waals surface area contributed by atoms with Crippen molar-refractivity contribution in [2.45, 2.75) is 13.0 Å². The summed E-state index contributed by atoms with van der Waals surface area (Å²) < 4.78 is 16.2. The number of hydrogen-bond acceptors (Lipinski definition) is 4.